The van der Waals surface area contributed by atoms with Gasteiger partial charge >= 0.3 is 0 Å². The Morgan fingerprint density at radius 1 is 1.21 bits per heavy atom. The first-order chi connectivity index (χ1) is 14.1. The summed E-state index contributed by atoms with van der Waals surface area (Å²) in [5, 5.41) is 3.90. The van der Waals surface area contributed by atoms with Crippen LogP contribution in [0.25, 0.3) is 15.3 Å². The Labute approximate surface area is 172 Å². The highest BCUT2D eigenvalue weighted by molar-refractivity contribution is 7.20. The molecule has 1 N–H and O–H groups in total. The van der Waals surface area contributed by atoms with Crippen LogP contribution in [0, 0.1) is 0 Å². The quantitative estimate of drug-likeness (QED) is 0.464. The van der Waals surface area contributed by atoms with Crippen molar-refractivity contribution in [2.24, 2.45) is 4.99 Å². The highest BCUT2D eigenvalue weighted by Crippen LogP contribution is 2.24. The van der Waals surface area contributed by atoms with Crippen LogP contribution in [0.2, 0.25) is 0 Å². The molecular formula is C22H22N4O2S. The van der Waals surface area contributed by atoms with Gasteiger partial charge in [0, 0.05) is 5.69 Å². The summed E-state index contributed by atoms with van der Waals surface area (Å²) in [6.45, 7) is 3.96. The number of methoxy groups -OCH3 is 1. The average molecular weight is 407 g/mol. The number of H-pyrrole nitrogens is 1. The summed E-state index contributed by atoms with van der Waals surface area (Å²) in [5.74, 6) is 0.771. The zero-order valence-corrected chi connectivity index (χ0v) is 17.4. The highest BCUT2D eigenvalue weighted by Gasteiger charge is 2.19. The lowest BCUT2D eigenvalue weighted by Gasteiger charge is -2.02. The van der Waals surface area contributed by atoms with Crippen LogP contribution in [0.1, 0.15) is 31.5 Å². The Bertz CT molecular complexity index is 1200. The molecule has 0 aliphatic rings. The number of nitrogens with zero attached hydrogens (tertiary/aromatic N) is 3. The lowest BCUT2D eigenvalue weighted by Crippen LogP contribution is -2.19. The van der Waals surface area contributed by atoms with Gasteiger partial charge < -0.3 is 4.74 Å². The van der Waals surface area contributed by atoms with Gasteiger partial charge in [-0.15, -0.1) is 0 Å². The molecule has 4 aromatic rings. The maximum Gasteiger partial charge on any atom is 0.282 e. The van der Waals surface area contributed by atoms with E-state index in [0.29, 0.717) is 16.4 Å². The summed E-state index contributed by atoms with van der Waals surface area (Å²) < 4.78 is 7.78. The number of nitrogens with one attached hydrogen (secondary N) is 1. The van der Waals surface area contributed by atoms with E-state index in [1.807, 2.05) is 55.5 Å². The molecule has 7 heteroatoms. The maximum absolute atomic E-state index is 13.3. The molecule has 148 valence electrons. The van der Waals surface area contributed by atoms with E-state index in [0.717, 1.165) is 40.2 Å². The molecule has 2 heterocycles. The fourth-order valence-electron chi connectivity index (χ4n) is 3.28. The number of rotatable bonds is 6. The largest absolute Gasteiger partial charge is 0.497 e. The van der Waals surface area contributed by atoms with Crippen LogP contribution in [0.15, 0.2) is 58.3 Å². The number of aliphatic imine (C=N–C) groups is 1. The van der Waals surface area contributed by atoms with Crippen LogP contribution in [0.5, 0.6) is 5.75 Å². The minimum Gasteiger partial charge on any atom is -0.497 e. The number of ether oxygens (including phenoxy) is 1. The van der Waals surface area contributed by atoms with E-state index in [9.17, 15) is 4.79 Å². The van der Waals surface area contributed by atoms with Gasteiger partial charge in [-0.1, -0.05) is 36.8 Å². The predicted octanol–water partition coefficient (Wildman–Crippen LogP) is 4.88. The molecule has 0 aliphatic heterocycles. The van der Waals surface area contributed by atoms with Gasteiger partial charge in [0.1, 0.15) is 5.75 Å². The van der Waals surface area contributed by atoms with E-state index < -0.39 is 0 Å². The third-order valence-electron chi connectivity index (χ3n) is 4.67. The van der Waals surface area contributed by atoms with Crippen molar-refractivity contribution in [2.75, 3.05) is 7.11 Å². The minimum atomic E-state index is -0.123. The van der Waals surface area contributed by atoms with Crippen LogP contribution in [-0.2, 0) is 6.42 Å². The van der Waals surface area contributed by atoms with Crippen molar-refractivity contribution in [2.45, 2.75) is 26.7 Å². The number of para-hydroxylation sites is 1. The number of aromatic nitrogens is 3. The van der Waals surface area contributed by atoms with Crippen LogP contribution < -0.4 is 10.3 Å². The molecule has 0 spiro atoms. The first kappa shape index (κ1) is 19.1. The molecule has 29 heavy (non-hydrogen) atoms. The molecule has 0 radical (unpaired) electrons. The Morgan fingerprint density at radius 2 is 1.97 bits per heavy atom. The van der Waals surface area contributed by atoms with E-state index >= 15 is 0 Å². The van der Waals surface area contributed by atoms with Gasteiger partial charge in [-0.2, -0.15) is 4.68 Å². The Morgan fingerprint density at radius 3 is 2.66 bits per heavy atom. The molecule has 0 saturated heterocycles. The smallest absolute Gasteiger partial charge is 0.282 e. The number of thiazole rings is 1. The summed E-state index contributed by atoms with van der Waals surface area (Å²) >= 11 is 1.49. The first-order valence-corrected chi connectivity index (χ1v) is 10.3. The molecule has 2 aromatic carbocycles. The van der Waals surface area contributed by atoms with Gasteiger partial charge in [-0.3, -0.25) is 14.9 Å². The second-order valence-corrected chi connectivity index (χ2v) is 7.72. The molecule has 6 nitrogen and oxygen atoms in total. The summed E-state index contributed by atoms with van der Waals surface area (Å²) in [6, 6.07) is 15.3. The van der Waals surface area contributed by atoms with E-state index in [2.05, 4.69) is 22.0 Å². The van der Waals surface area contributed by atoms with Crippen molar-refractivity contribution in [3.8, 4) is 10.9 Å². The summed E-state index contributed by atoms with van der Waals surface area (Å²) in [5.41, 5.74) is 3.71. The van der Waals surface area contributed by atoms with E-state index in [1.54, 1.807) is 7.11 Å². The van der Waals surface area contributed by atoms with E-state index in [1.165, 1.54) is 16.0 Å². The van der Waals surface area contributed by atoms with Crippen molar-refractivity contribution >= 4 is 33.0 Å². The van der Waals surface area contributed by atoms with Crippen LogP contribution in [0.4, 0.5) is 5.69 Å². The van der Waals surface area contributed by atoms with Crippen molar-refractivity contribution in [1.29, 1.82) is 0 Å². The van der Waals surface area contributed by atoms with Gasteiger partial charge in [-0.05, 0) is 49.7 Å². The second kappa shape index (κ2) is 8.05. The molecule has 0 bridgehead atoms. The van der Waals surface area contributed by atoms with Gasteiger partial charge in [-0.25, -0.2) is 4.98 Å². The van der Waals surface area contributed by atoms with Gasteiger partial charge in [0.05, 0.1) is 34.3 Å². The fourth-order valence-corrected chi connectivity index (χ4v) is 4.21. The molecule has 0 saturated carbocycles. The Kier molecular flexibility index (Phi) is 5.31. The maximum atomic E-state index is 13.3. The lowest BCUT2D eigenvalue weighted by atomic mass is 10.1. The minimum absolute atomic E-state index is 0.123. The highest BCUT2D eigenvalue weighted by atomic mass is 32.1. The molecule has 4 rings (SSSR count). The van der Waals surface area contributed by atoms with Gasteiger partial charge in [0.25, 0.3) is 5.56 Å². The topological polar surface area (TPSA) is 72.3 Å². The summed E-state index contributed by atoms with van der Waals surface area (Å²) in [6.07, 6.45) is 1.68. The SMILES string of the molecule is CCCc1[nH]n(-c2nc3ccccc3s2)c(=O)c1C(C)=Nc1ccc(OC)cc1. The number of aryl methyl sites for hydroxylation is 1. The summed E-state index contributed by atoms with van der Waals surface area (Å²) in [4.78, 5) is 22.6. The monoisotopic (exact) mass is 406 g/mol. The predicted molar refractivity (Wildman–Crippen MR) is 118 cm³/mol. The van der Waals surface area contributed by atoms with Crippen LogP contribution >= 0.6 is 11.3 Å². The molecule has 0 amide bonds. The van der Waals surface area contributed by atoms with Crippen LogP contribution in [-0.4, -0.2) is 27.6 Å². The summed E-state index contributed by atoms with van der Waals surface area (Å²) in [7, 11) is 1.63. The van der Waals surface area contributed by atoms with Crippen LogP contribution in [0.3, 0.4) is 0 Å². The lowest BCUT2D eigenvalue weighted by molar-refractivity contribution is 0.415. The second-order valence-electron chi connectivity index (χ2n) is 6.72. The molecule has 0 unspecified atom stereocenters. The third kappa shape index (κ3) is 3.73. The van der Waals surface area contributed by atoms with E-state index in [4.69, 9.17) is 4.74 Å². The molecule has 0 aliphatic carbocycles. The molecule has 0 fully saturated rings. The van der Waals surface area contributed by atoms with Gasteiger partial charge in [0.2, 0.25) is 5.13 Å². The van der Waals surface area contributed by atoms with Crippen molar-refractivity contribution in [3.63, 3.8) is 0 Å². The zero-order valence-electron chi connectivity index (χ0n) is 16.6. The van der Waals surface area contributed by atoms with Crippen molar-refractivity contribution < 1.29 is 4.74 Å². The Hall–Kier alpha value is -3.19. The Balaban J connectivity index is 1.79. The van der Waals surface area contributed by atoms with Crippen molar-refractivity contribution in [3.05, 3.63) is 70.1 Å². The number of aromatic amines is 1. The molecular weight excluding hydrogens is 384 g/mol. The van der Waals surface area contributed by atoms with Gasteiger partial charge in [0.15, 0.2) is 0 Å². The van der Waals surface area contributed by atoms with E-state index in [-0.39, 0.29) is 5.56 Å². The third-order valence-corrected chi connectivity index (χ3v) is 5.69. The van der Waals surface area contributed by atoms with Crippen molar-refractivity contribution in [1.82, 2.24) is 14.8 Å². The number of benzene rings is 2. The molecule has 0 atom stereocenters. The normalized spacial score (nSPS) is 11.9. The fraction of sp³-hybridized carbons (Fsp3) is 0.227. The number of hydrogen-bond donors (Lipinski definition) is 1. The number of hydrogen-bond acceptors (Lipinski definition) is 5. The standard InChI is InChI=1S/C22H22N4O2S/c1-4-7-18-20(14(2)23-15-10-12-16(28-3)13-11-15)21(27)26(25-18)22-24-17-8-5-6-9-19(17)29-22/h5-6,8-13,25H,4,7H2,1-3H3. The number of fused-ring (bicyclic) bond motifs is 1. The zero-order chi connectivity index (χ0) is 20.4. The molecule has 2 aromatic heterocycles. The average Bonchev–Trinajstić information content (AvgIpc) is 3.29. The first-order valence-electron chi connectivity index (χ1n) is 9.50.